The van der Waals surface area contributed by atoms with Gasteiger partial charge in [0.15, 0.2) is 16.7 Å². The molecule has 0 saturated heterocycles. The lowest BCUT2D eigenvalue weighted by molar-refractivity contribution is 0.258. The number of carbonyl (C=O) groups is 1. The zero-order chi connectivity index (χ0) is 21.9. The molecule has 0 spiro atoms. The van der Waals surface area contributed by atoms with E-state index in [1.165, 1.54) is 55.5 Å². The van der Waals surface area contributed by atoms with Gasteiger partial charge >= 0.3 is 6.03 Å². The van der Waals surface area contributed by atoms with E-state index >= 15 is 0 Å². The van der Waals surface area contributed by atoms with Crippen molar-refractivity contribution in [1.29, 1.82) is 0 Å². The molecule has 1 heterocycles. The molecule has 0 radical (unpaired) electrons. The van der Waals surface area contributed by atoms with Crippen molar-refractivity contribution in [2.45, 2.75) is 4.90 Å². The highest BCUT2D eigenvalue weighted by Gasteiger charge is 2.17. The van der Waals surface area contributed by atoms with E-state index in [2.05, 4.69) is 15.0 Å². The Bertz CT molecular complexity index is 1190. The van der Waals surface area contributed by atoms with Gasteiger partial charge in [-0.3, -0.25) is 10.2 Å². The Morgan fingerprint density at radius 2 is 2.00 bits per heavy atom. The van der Waals surface area contributed by atoms with Crippen molar-refractivity contribution in [2.24, 2.45) is 0 Å². The number of anilines is 2. The van der Waals surface area contributed by atoms with Crippen LogP contribution >= 0.6 is 22.9 Å². The number of hydrogen-bond acceptors (Lipinski definition) is 6. The number of halogens is 2. The number of nitrogens with zero attached hydrogens (tertiary/aromatic N) is 2. The van der Waals surface area contributed by atoms with Gasteiger partial charge in [0.2, 0.25) is 15.1 Å². The van der Waals surface area contributed by atoms with Crippen LogP contribution in [0.15, 0.2) is 53.6 Å². The first-order valence-electron chi connectivity index (χ1n) is 8.37. The Morgan fingerprint density at radius 3 is 2.73 bits per heavy atom. The van der Waals surface area contributed by atoms with Gasteiger partial charge in [-0.05, 0) is 37.4 Å². The van der Waals surface area contributed by atoms with Crippen LogP contribution in [0.3, 0.4) is 0 Å². The molecule has 3 rings (SSSR count). The van der Waals surface area contributed by atoms with E-state index < -0.39 is 21.9 Å². The smallest absolute Gasteiger partial charge is 0.327 e. The summed E-state index contributed by atoms with van der Waals surface area (Å²) in [5, 5.41) is 2.96. The number of hydrogen-bond donors (Lipinski definition) is 2. The van der Waals surface area contributed by atoms with Crippen LogP contribution in [0.25, 0.3) is 0 Å². The monoisotopic (exact) mass is 470 g/mol. The zero-order valence-electron chi connectivity index (χ0n) is 15.7. The van der Waals surface area contributed by atoms with Gasteiger partial charge in [-0.25, -0.2) is 27.3 Å². The Kier molecular flexibility index (Phi) is 6.56. The summed E-state index contributed by atoms with van der Waals surface area (Å²) in [5.41, 5.74) is 0.359. The second-order valence-electron chi connectivity index (χ2n) is 5.83. The van der Waals surface area contributed by atoms with Gasteiger partial charge in [0.25, 0.3) is 0 Å². The first-order valence-corrected chi connectivity index (χ1v) is 11.0. The van der Waals surface area contributed by atoms with Crippen LogP contribution in [0.5, 0.6) is 10.8 Å². The zero-order valence-corrected chi connectivity index (χ0v) is 18.1. The summed E-state index contributed by atoms with van der Waals surface area (Å²) in [6.07, 6.45) is 1.33. The minimum atomic E-state index is -3.65. The predicted octanol–water partition coefficient (Wildman–Crippen LogP) is 4.30. The first-order chi connectivity index (χ1) is 14.2. The van der Waals surface area contributed by atoms with Gasteiger partial charge in [0.1, 0.15) is 0 Å². The molecule has 0 aliphatic carbocycles. The number of ether oxygens (including phenoxy) is 1. The average molecular weight is 471 g/mol. The van der Waals surface area contributed by atoms with Crippen LogP contribution < -0.4 is 19.7 Å². The normalized spacial score (nSPS) is 11.2. The fraction of sp³-hybridized carbons (Fsp3) is 0.111. The van der Waals surface area contributed by atoms with Gasteiger partial charge in [-0.15, -0.1) is 0 Å². The fourth-order valence-electron chi connectivity index (χ4n) is 2.31. The summed E-state index contributed by atoms with van der Waals surface area (Å²) in [5.74, 6) is -0.766. The summed E-state index contributed by atoms with van der Waals surface area (Å²) in [6.45, 7) is 0. The highest BCUT2D eigenvalue weighted by Crippen LogP contribution is 2.33. The Morgan fingerprint density at radius 1 is 1.27 bits per heavy atom. The maximum absolute atomic E-state index is 13.9. The number of rotatable bonds is 6. The molecule has 12 heteroatoms. The second-order valence-corrected chi connectivity index (χ2v) is 9.12. The van der Waals surface area contributed by atoms with Crippen LogP contribution in [0.1, 0.15) is 0 Å². The lowest BCUT2D eigenvalue weighted by Gasteiger charge is -2.18. The first kappa shape index (κ1) is 22.0. The molecule has 0 unspecified atom stereocenters. The van der Waals surface area contributed by atoms with Gasteiger partial charge < -0.3 is 4.74 Å². The molecule has 0 aliphatic heterocycles. The van der Waals surface area contributed by atoms with Crippen molar-refractivity contribution >= 4 is 49.8 Å². The number of aromatic nitrogens is 1. The van der Waals surface area contributed by atoms with Crippen molar-refractivity contribution < 1.29 is 22.3 Å². The Hall–Kier alpha value is -2.73. The van der Waals surface area contributed by atoms with Gasteiger partial charge in [-0.2, -0.15) is 0 Å². The molecule has 0 bridgehead atoms. The third-order valence-electron chi connectivity index (χ3n) is 3.91. The number of sulfonamides is 1. The number of carbonyl (C=O) groups excluding carboxylic acids is 1. The van der Waals surface area contributed by atoms with Crippen LogP contribution in [0.4, 0.5) is 20.0 Å². The lowest BCUT2D eigenvalue weighted by atomic mass is 10.3. The molecule has 158 valence electrons. The quantitative estimate of drug-likeness (QED) is 0.559. The van der Waals surface area contributed by atoms with Crippen LogP contribution in [-0.2, 0) is 10.0 Å². The summed E-state index contributed by atoms with van der Waals surface area (Å²) < 4.78 is 45.5. The topological polar surface area (TPSA) is 101 Å². The van der Waals surface area contributed by atoms with E-state index in [0.717, 1.165) is 11.3 Å². The molecule has 0 fully saturated rings. The minimum absolute atomic E-state index is 0.0237. The lowest BCUT2D eigenvalue weighted by Crippen LogP contribution is -2.31. The van der Waals surface area contributed by atoms with Crippen molar-refractivity contribution in [2.75, 3.05) is 24.3 Å². The molecule has 2 aromatic carbocycles. The maximum atomic E-state index is 13.9. The van der Waals surface area contributed by atoms with Crippen molar-refractivity contribution in [1.82, 2.24) is 9.71 Å². The van der Waals surface area contributed by atoms with Crippen LogP contribution in [0, 0.1) is 5.82 Å². The number of thiazole rings is 1. The Labute approximate surface area is 181 Å². The Balaban J connectivity index is 1.71. The SMILES string of the molecule is CNS(=O)(=O)c1cccc(N(C)C(=O)Nc2ncc(Oc3cccc(Cl)c3F)s2)c1. The molecule has 0 atom stereocenters. The van der Waals surface area contributed by atoms with Crippen LogP contribution in [-0.4, -0.2) is 33.5 Å². The highest BCUT2D eigenvalue weighted by molar-refractivity contribution is 7.89. The number of nitrogens with one attached hydrogen (secondary N) is 2. The van der Waals surface area contributed by atoms with Crippen molar-refractivity contribution in [3.63, 3.8) is 0 Å². The number of amides is 2. The molecule has 8 nitrogen and oxygen atoms in total. The minimum Gasteiger partial charge on any atom is -0.442 e. The van der Waals surface area contributed by atoms with E-state index in [-0.39, 0.29) is 25.9 Å². The molecular formula is C18H16ClFN4O4S2. The molecule has 2 amide bonds. The molecule has 0 saturated carbocycles. The molecular weight excluding hydrogens is 455 g/mol. The van der Waals surface area contributed by atoms with E-state index in [1.54, 1.807) is 12.1 Å². The third-order valence-corrected chi connectivity index (χ3v) is 6.41. The molecule has 2 N–H and O–H groups in total. The molecule has 0 aliphatic rings. The van der Waals surface area contributed by atoms with Crippen molar-refractivity contribution in [3.8, 4) is 10.8 Å². The van der Waals surface area contributed by atoms with Crippen LogP contribution in [0.2, 0.25) is 5.02 Å². The van der Waals surface area contributed by atoms with Crippen molar-refractivity contribution in [3.05, 3.63) is 59.5 Å². The molecule has 30 heavy (non-hydrogen) atoms. The number of benzene rings is 2. The average Bonchev–Trinajstić information content (AvgIpc) is 3.17. The summed E-state index contributed by atoms with van der Waals surface area (Å²) in [4.78, 5) is 17.8. The standard InChI is InChI=1S/C18H16ClFN4O4S2/c1-21-30(26,27)12-6-3-5-11(9-12)24(2)18(25)23-17-22-10-15(29-17)28-14-8-4-7-13(19)16(14)20/h3-10,21H,1-2H3,(H,22,23,25). The van der Waals surface area contributed by atoms with Gasteiger partial charge in [-0.1, -0.05) is 35.1 Å². The number of urea groups is 1. The van der Waals surface area contributed by atoms with E-state index in [4.69, 9.17) is 16.3 Å². The van der Waals surface area contributed by atoms with Gasteiger partial charge in [0, 0.05) is 12.7 Å². The fourth-order valence-corrected chi connectivity index (χ4v) is 3.91. The predicted molar refractivity (Wildman–Crippen MR) is 114 cm³/mol. The second kappa shape index (κ2) is 8.96. The van der Waals surface area contributed by atoms with Gasteiger partial charge in [0.05, 0.1) is 16.1 Å². The van der Waals surface area contributed by atoms with E-state index in [1.807, 2.05) is 0 Å². The molecule has 3 aromatic rings. The van der Waals surface area contributed by atoms with E-state index in [0.29, 0.717) is 5.69 Å². The summed E-state index contributed by atoms with van der Waals surface area (Å²) in [7, 11) is -0.867. The molecule has 1 aromatic heterocycles. The third kappa shape index (κ3) is 4.87. The summed E-state index contributed by atoms with van der Waals surface area (Å²) in [6, 6.07) is 9.70. The highest BCUT2D eigenvalue weighted by atomic mass is 35.5. The maximum Gasteiger partial charge on any atom is 0.327 e. The van der Waals surface area contributed by atoms with E-state index in [9.17, 15) is 17.6 Å². The summed E-state index contributed by atoms with van der Waals surface area (Å²) >= 11 is 6.71. The largest absolute Gasteiger partial charge is 0.442 e.